The molecular weight excluding hydrogens is 326 g/mol. The van der Waals surface area contributed by atoms with Crippen LogP contribution in [-0.4, -0.2) is 61.9 Å². The van der Waals surface area contributed by atoms with Crippen LogP contribution in [0.3, 0.4) is 0 Å². The zero-order valence-electron chi connectivity index (χ0n) is 14.7. The number of benzene rings is 1. The highest BCUT2D eigenvalue weighted by Gasteiger charge is 2.22. The number of carbonyl (C=O) groups is 2. The number of aliphatic carboxylic acids is 1. The predicted molar refractivity (Wildman–Crippen MR) is 91.3 cm³/mol. The number of ether oxygens (including phenoxy) is 3. The van der Waals surface area contributed by atoms with Crippen LogP contribution >= 0.6 is 0 Å². The van der Waals surface area contributed by atoms with E-state index in [1.54, 1.807) is 25.3 Å². The normalized spacial score (nSPS) is 14.3. The molecule has 0 heterocycles. The van der Waals surface area contributed by atoms with E-state index < -0.39 is 5.97 Å². The molecule has 0 atom stereocenters. The van der Waals surface area contributed by atoms with Gasteiger partial charge in [0.05, 0.1) is 19.8 Å². The summed E-state index contributed by atoms with van der Waals surface area (Å²) in [6.07, 6.45) is 4.37. The molecule has 0 saturated heterocycles. The lowest BCUT2D eigenvalue weighted by Gasteiger charge is -2.21. The number of amides is 1. The highest BCUT2D eigenvalue weighted by molar-refractivity contribution is 5.96. The van der Waals surface area contributed by atoms with E-state index in [1.165, 1.54) is 12.0 Å². The number of rotatable bonds is 9. The van der Waals surface area contributed by atoms with E-state index in [1.807, 2.05) is 0 Å². The lowest BCUT2D eigenvalue weighted by Crippen LogP contribution is -2.38. The maximum Gasteiger partial charge on any atom is 0.323 e. The third kappa shape index (κ3) is 5.35. The number of carbonyl (C=O) groups excluding carboxylic acids is 1. The van der Waals surface area contributed by atoms with Crippen LogP contribution in [0.15, 0.2) is 18.2 Å². The van der Waals surface area contributed by atoms with E-state index in [2.05, 4.69) is 0 Å². The largest absolute Gasteiger partial charge is 0.493 e. The molecular formula is C18H25NO6. The Hall–Kier alpha value is -2.28. The fraction of sp³-hybridized carbons (Fsp3) is 0.556. The van der Waals surface area contributed by atoms with Crippen molar-refractivity contribution in [2.75, 3.05) is 33.9 Å². The van der Waals surface area contributed by atoms with Crippen molar-refractivity contribution in [3.05, 3.63) is 23.8 Å². The van der Waals surface area contributed by atoms with Crippen molar-refractivity contribution >= 4 is 11.9 Å². The Kier molecular flexibility index (Phi) is 7.06. The number of carboxylic acids is 1. The molecule has 0 aliphatic heterocycles. The molecule has 1 aromatic carbocycles. The summed E-state index contributed by atoms with van der Waals surface area (Å²) in [6.45, 7) is 0.0835. The molecule has 0 spiro atoms. The summed E-state index contributed by atoms with van der Waals surface area (Å²) in [4.78, 5) is 25.0. The Bertz CT molecular complexity index is 597. The molecule has 1 aromatic rings. The summed E-state index contributed by atoms with van der Waals surface area (Å²) in [5.74, 6) is -0.369. The average Bonchev–Trinajstić information content (AvgIpc) is 3.10. The summed E-state index contributed by atoms with van der Waals surface area (Å²) >= 11 is 0. The molecule has 0 aromatic heterocycles. The first-order chi connectivity index (χ1) is 12.0. The molecule has 1 amide bonds. The van der Waals surface area contributed by atoms with Gasteiger partial charge in [-0.3, -0.25) is 9.59 Å². The van der Waals surface area contributed by atoms with E-state index >= 15 is 0 Å². The van der Waals surface area contributed by atoms with E-state index in [0.717, 1.165) is 25.7 Å². The first-order valence-corrected chi connectivity index (χ1v) is 8.40. The summed E-state index contributed by atoms with van der Waals surface area (Å²) in [5.41, 5.74) is 0.367. The van der Waals surface area contributed by atoms with Crippen molar-refractivity contribution < 1.29 is 28.9 Å². The molecule has 0 bridgehead atoms. The van der Waals surface area contributed by atoms with Crippen molar-refractivity contribution in [3.8, 4) is 11.5 Å². The van der Waals surface area contributed by atoms with Gasteiger partial charge in [-0.1, -0.05) is 0 Å². The number of methoxy groups -OCH3 is 2. The van der Waals surface area contributed by atoms with Gasteiger partial charge < -0.3 is 24.2 Å². The van der Waals surface area contributed by atoms with E-state index in [4.69, 9.17) is 19.3 Å². The highest BCUT2D eigenvalue weighted by atomic mass is 16.5. The Morgan fingerprint density at radius 1 is 1.20 bits per heavy atom. The predicted octanol–water partition coefficient (Wildman–Crippen LogP) is 2.19. The third-order valence-corrected chi connectivity index (χ3v) is 4.19. The van der Waals surface area contributed by atoms with Crippen molar-refractivity contribution in [3.63, 3.8) is 0 Å². The summed E-state index contributed by atoms with van der Waals surface area (Å²) in [6, 6.07) is 4.91. The first-order valence-electron chi connectivity index (χ1n) is 8.40. The van der Waals surface area contributed by atoms with Gasteiger partial charge in [-0.25, -0.2) is 0 Å². The van der Waals surface area contributed by atoms with Gasteiger partial charge in [0.1, 0.15) is 6.54 Å². The monoisotopic (exact) mass is 351 g/mol. The van der Waals surface area contributed by atoms with Gasteiger partial charge in [-0.05, 0) is 43.9 Å². The number of carboxylic acid groups (broad SMARTS) is 1. The van der Waals surface area contributed by atoms with E-state index in [0.29, 0.717) is 17.1 Å². The van der Waals surface area contributed by atoms with Gasteiger partial charge in [0.25, 0.3) is 5.91 Å². The van der Waals surface area contributed by atoms with Gasteiger partial charge in [-0.2, -0.15) is 0 Å². The second-order valence-corrected chi connectivity index (χ2v) is 6.00. The number of hydrogen-bond donors (Lipinski definition) is 1. The van der Waals surface area contributed by atoms with Gasteiger partial charge in [0.2, 0.25) is 0 Å². The standard InChI is InChI=1S/C18H25NO6/c1-23-10-9-19(12-17(20)21)18(22)13-7-8-15(24-2)16(11-13)25-14-5-3-4-6-14/h7-8,11,14H,3-6,9-10,12H2,1-2H3,(H,20,21). The topological polar surface area (TPSA) is 85.3 Å². The third-order valence-electron chi connectivity index (χ3n) is 4.19. The van der Waals surface area contributed by atoms with E-state index in [-0.39, 0.29) is 31.7 Å². The lowest BCUT2D eigenvalue weighted by molar-refractivity contribution is -0.137. The van der Waals surface area contributed by atoms with Crippen molar-refractivity contribution in [1.82, 2.24) is 4.90 Å². The molecule has 1 N–H and O–H groups in total. The van der Waals surface area contributed by atoms with Crippen LogP contribution < -0.4 is 9.47 Å². The molecule has 138 valence electrons. The van der Waals surface area contributed by atoms with Gasteiger partial charge in [0.15, 0.2) is 11.5 Å². The van der Waals surface area contributed by atoms with Crippen LogP contribution in [0, 0.1) is 0 Å². The van der Waals surface area contributed by atoms with Crippen LogP contribution in [0.2, 0.25) is 0 Å². The van der Waals surface area contributed by atoms with Crippen LogP contribution in [0.1, 0.15) is 36.0 Å². The minimum atomic E-state index is -1.07. The Labute approximate surface area is 147 Å². The maximum absolute atomic E-state index is 12.7. The van der Waals surface area contributed by atoms with Crippen molar-refractivity contribution in [2.24, 2.45) is 0 Å². The number of hydrogen-bond acceptors (Lipinski definition) is 5. The van der Waals surface area contributed by atoms with Crippen LogP contribution in [0.25, 0.3) is 0 Å². The Balaban J connectivity index is 2.20. The quantitative estimate of drug-likeness (QED) is 0.734. The van der Waals surface area contributed by atoms with Gasteiger partial charge in [0, 0.05) is 19.2 Å². The summed E-state index contributed by atoms with van der Waals surface area (Å²) in [7, 11) is 3.05. The number of nitrogens with zero attached hydrogens (tertiary/aromatic N) is 1. The molecule has 1 aliphatic rings. The fourth-order valence-corrected chi connectivity index (χ4v) is 2.89. The second kappa shape index (κ2) is 9.27. The van der Waals surface area contributed by atoms with Crippen molar-refractivity contribution in [1.29, 1.82) is 0 Å². The molecule has 0 unspecified atom stereocenters. The molecule has 7 heteroatoms. The minimum Gasteiger partial charge on any atom is -0.493 e. The SMILES string of the molecule is COCCN(CC(=O)O)C(=O)c1ccc(OC)c(OC2CCCC2)c1. The second-order valence-electron chi connectivity index (χ2n) is 6.00. The van der Waals surface area contributed by atoms with Crippen LogP contribution in [0.5, 0.6) is 11.5 Å². The molecule has 2 rings (SSSR count). The Morgan fingerprint density at radius 3 is 2.52 bits per heavy atom. The zero-order chi connectivity index (χ0) is 18.2. The molecule has 7 nitrogen and oxygen atoms in total. The zero-order valence-corrected chi connectivity index (χ0v) is 14.7. The Morgan fingerprint density at radius 2 is 1.92 bits per heavy atom. The van der Waals surface area contributed by atoms with Crippen LogP contribution in [-0.2, 0) is 9.53 Å². The van der Waals surface area contributed by atoms with Crippen LogP contribution in [0.4, 0.5) is 0 Å². The molecule has 1 saturated carbocycles. The lowest BCUT2D eigenvalue weighted by atomic mass is 10.1. The molecule has 25 heavy (non-hydrogen) atoms. The smallest absolute Gasteiger partial charge is 0.323 e. The fourth-order valence-electron chi connectivity index (χ4n) is 2.89. The van der Waals surface area contributed by atoms with Crippen molar-refractivity contribution in [2.45, 2.75) is 31.8 Å². The highest BCUT2D eigenvalue weighted by Crippen LogP contribution is 2.32. The van der Waals surface area contributed by atoms with Gasteiger partial charge >= 0.3 is 5.97 Å². The summed E-state index contributed by atoms with van der Waals surface area (Å²) in [5, 5.41) is 9.03. The van der Waals surface area contributed by atoms with Gasteiger partial charge in [-0.15, -0.1) is 0 Å². The molecule has 0 radical (unpaired) electrons. The minimum absolute atomic E-state index is 0.128. The first kappa shape index (κ1) is 19.1. The molecule has 1 aliphatic carbocycles. The average molecular weight is 351 g/mol. The molecule has 1 fully saturated rings. The summed E-state index contributed by atoms with van der Waals surface area (Å²) < 4.78 is 16.3. The van der Waals surface area contributed by atoms with E-state index in [9.17, 15) is 9.59 Å². The maximum atomic E-state index is 12.7.